The van der Waals surface area contributed by atoms with Gasteiger partial charge in [-0.1, -0.05) is 5.10 Å². The van der Waals surface area contributed by atoms with Gasteiger partial charge in [-0.15, -0.1) is 5.10 Å². The summed E-state index contributed by atoms with van der Waals surface area (Å²) in [5.74, 6) is 0.515. The van der Waals surface area contributed by atoms with Crippen LogP contribution in [0.5, 0.6) is 0 Å². The largest absolute Gasteiger partial charge is 0.353 e. The van der Waals surface area contributed by atoms with Crippen LogP contribution in [0, 0.1) is 0 Å². The molecular weight excluding hydrogens is 168 g/mol. The summed E-state index contributed by atoms with van der Waals surface area (Å²) in [6.45, 7) is 0.697. The van der Waals surface area contributed by atoms with Crippen molar-refractivity contribution in [1.29, 1.82) is 0 Å². The Kier molecular flexibility index (Phi) is 1.95. The maximum Gasteiger partial charge on any atom is 0.263 e. The van der Waals surface area contributed by atoms with Crippen LogP contribution in [-0.2, 0) is 13.6 Å². The Morgan fingerprint density at radius 2 is 2.54 bits per heavy atom. The fourth-order valence-corrected chi connectivity index (χ4v) is 1.09. The first kappa shape index (κ1) is 7.78. The molecule has 0 spiro atoms. The molecule has 0 fully saturated rings. The summed E-state index contributed by atoms with van der Waals surface area (Å²) in [5, 5.41) is 16.4. The Bertz CT molecular complexity index is 362. The third-order valence-corrected chi connectivity index (χ3v) is 1.82. The third-order valence-electron chi connectivity index (χ3n) is 1.82. The standard InChI is InChI=1S/C7H10N6/c1-13-4-2-3-6(13)5-8-7-9-11-12-10-7/h2-4H,5H2,1H3,(H2,8,9,10,11,12). The SMILES string of the molecule is Cn1cccc1CNc1nn[nH]n1. The number of nitrogens with zero attached hydrogens (tertiary/aromatic N) is 4. The molecule has 2 N–H and O–H groups in total. The van der Waals surface area contributed by atoms with Gasteiger partial charge in [0.1, 0.15) is 0 Å². The van der Waals surface area contributed by atoms with E-state index in [4.69, 9.17) is 0 Å². The number of aromatic amines is 1. The van der Waals surface area contributed by atoms with Crippen LogP contribution in [0.4, 0.5) is 5.95 Å². The molecule has 0 radical (unpaired) electrons. The van der Waals surface area contributed by atoms with E-state index in [1.54, 1.807) is 0 Å². The minimum atomic E-state index is 0.515. The minimum absolute atomic E-state index is 0.515. The van der Waals surface area contributed by atoms with E-state index in [1.807, 2.05) is 29.9 Å². The van der Waals surface area contributed by atoms with Crippen molar-refractivity contribution in [3.8, 4) is 0 Å². The van der Waals surface area contributed by atoms with Gasteiger partial charge >= 0.3 is 0 Å². The highest BCUT2D eigenvalue weighted by Crippen LogP contribution is 2.01. The molecule has 0 aromatic carbocycles. The summed E-state index contributed by atoms with van der Waals surface area (Å²) < 4.78 is 2.03. The van der Waals surface area contributed by atoms with Gasteiger partial charge in [0.15, 0.2) is 0 Å². The Morgan fingerprint density at radius 1 is 1.62 bits per heavy atom. The minimum Gasteiger partial charge on any atom is -0.353 e. The number of hydrogen-bond acceptors (Lipinski definition) is 4. The lowest BCUT2D eigenvalue weighted by Gasteiger charge is -2.02. The van der Waals surface area contributed by atoms with Gasteiger partial charge in [-0.05, 0) is 17.3 Å². The molecule has 68 valence electrons. The number of H-pyrrole nitrogens is 1. The molecule has 0 aliphatic rings. The van der Waals surface area contributed by atoms with Crippen LogP contribution in [0.1, 0.15) is 5.69 Å². The zero-order valence-corrected chi connectivity index (χ0v) is 7.23. The normalized spacial score (nSPS) is 10.2. The molecule has 2 heterocycles. The second-order valence-corrected chi connectivity index (χ2v) is 2.70. The molecule has 0 saturated carbocycles. The lowest BCUT2D eigenvalue weighted by Crippen LogP contribution is -2.04. The highest BCUT2D eigenvalue weighted by atomic mass is 15.5. The highest BCUT2D eigenvalue weighted by molar-refractivity contribution is 5.21. The van der Waals surface area contributed by atoms with Crippen molar-refractivity contribution < 1.29 is 0 Å². The lowest BCUT2D eigenvalue weighted by molar-refractivity contribution is 0.837. The van der Waals surface area contributed by atoms with Crippen LogP contribution in [0.25, 0.3) is 0 Å². The van der Waals surface area contributed by atoms with Gasteiger partial charge in [0.05, 0.1) is 6.54 Å². The van der Waals surface area contributed by atoms with E-state index >= 15 is 0 Å². The predicted octanol–water partition coefficient (Wildman–Crippen LogP) is 0.150. The summed E-state index contributed by atoms with van der Waals surface area (Å²) in [6.07, 6.45) is 1.99. The van der Waals surface area contributed by atoms with Gasteiger partial charge in [0, 0.05) is 18.9 Å². The Balaban J connectivity index is 1.97. The number of rotatable bonds is 3. The van der Waals surface area contributed by atoms with Crippen molar-refractivity contribution in [2.45, 2.75) is 6.54 Å². The van der Waals surface area contributed by atoms with Gasteiger partial charge in [-0.2, -0.15) is 5.21 Å². The maximum atomic E-state index is 3.78. The average Bonchev–Trinajstić information content (AvgIpc) is 2.72. The third kappa shape index (κ3) is 1.66. The molecule has 0 bridgehead atoms. The van der Waals surface area contributed by atoms with Crippen LogP contribution in [0.15, 0.2) is 18.3 Å². The molecule has 0 aliphatic carbocycles. The zero-order valence-electron chi connectivity index (χ0n) is 7.23. The van der Waals surface area contributed by atoms with Gasteiger partial charge in [0.2, 0.25) is 0 Å². The van der Waals surface area contributed by atoms with Crippen molar-refractivity contribution in [3.05, 3.63) is 24.0 Å². The van der Waals surface area contributed by atoms with E-state index < -0.39 is 0 Å². The number of aryl methyl sites for hydroxylation is 1. The summed E-state index contributed by atoms with van der Waals surface area (Å²) in [6, 6.07) is 4.03. The van der Waals surface area contributed by atoms with Crippen molar-refractivity contribution >= 4 is 5.95 Å². The molecule has 0 atom stereocenters. The number of nitrogens with one attached hydrogen (secondary N) is 2. The number of anilines is 1. The molecule has 2 aromatic rings. The van der Waals surface area contributed by atoms with Crippen LogP contribution in [-0.4, -0.2) is 25.2 Å². The summed E-state index contributed by atoms with van der Waals surface area (Å²) in [7, 11) is 1.99. The highest BCUT2D eigenvalue weighted by Gasteiger charge is 1.98. The van der Waals surface area contributed by atoms with Crippen molar-refractivity contribution in [2.24, 2.45) is 7.05 Å². The zero-order chi connectivity index (χ0) is 9.10. The molecule has 2 aromatic heterocycles. The van der Waals surface area contributed by atoms with Gasteiger partial charge in [-0.3, -0.25) is 0 Å². The van der Waals surface area contributed by atoms with Gasteiger partial charge in [-0.25, -0.2) is 0 Å². The first-order chi connectivity index (χ1) is 6.36. The van der Waals surface area contributed by atoms with Crippen molar-refractivity contribution in [2.75, 3.05) is 5.32 Å². The topological polar surface area (TPSA) is 71.4 Å². The Hall–Kier alpha value is -1.85. The van der Waals surface area contributed by atoms with Gasteiger partial charge < -0.3 is 9.88 Å². The van der Waals surface area contributed by atoms with Crippen molar-refractivity contribution in [3.63, 3.8) is 0 Å². The molecule has 0 unspecified atom stereocenters. The first-order valence-corrected chi connectivity index (χ1v) is 3.94. The van der Waals surface area contributed by atoms with E-state index in [0.717, 1.165) is 0 Å². The summed E-state index contributed by atoms with van der Waals surface area (Å²) in [4.78, 5) is 0. The van der Waals surface area contributed by atoms with Crippen LogP contribution < -0.4 is 5.32 Å². The molecule has 13 heavy (non-hydrogen) atoms. The number of tetrazole rings is 1. The van der Waals surface area contributed by atoms with E-state index in [-0.39, 0.29) is 0 Å². The number of aromatic nitrogens is 5. The van der Waals surface area contributed by atoms with E-state index in [0.29, 0.717) is 12.5 Å². The van der Waals surface area contributed by atoms with Crippen LogP contribution in [0.3, 0.4) is 0 Å². The Labute approximate surface area is 75.0 Å². The lowest BCUT2D eigenvalue weighted by atomic mass is 10.4. The van der Waals surface area contributed by atoms with E-state index in [1.165, 1.54) is 5.69 Å². The molecule has 0 amide bonds. The monoisotopic (exact) mass is 178 g/mol. The summed E-state index contributed by atoms with van der Waals surface area (Å²) >= 11 is 0. The molecule has 2 rings (SSSR count). The fourth-order valence-electron chi connectivity index (χ4n) is 1.09. The second kappa shape index (κ2) is 3.26. The second-order valence-electron chi connectivity index (χ2n) is 2.70. The smallest absolute Gasteiger partial charge is 0.263 e. The molecule has 6 heteroatoms. The summed E-state index contributed by atoms with van der Waals surface area (Å²) in [5.41, 5.74) is 1.17. The van der Waals surface area contributed by atoms with Crippen LogP contribution in [0.2, 0.25) is 0 Å². The van der Waals surface area contributed by atoms with Crippen molar-refractivity contribution in [1.82, 2.24) is 25.2 Å². The molecule has 6 nitrogen and oxygen atoms in total. The number of hydrogen-bond donors (Lipinski definition) is 2. The average molecular weight is 178 g/mol. The Morgan fingerprint density at radius 3 is 3.15 bits per heavy atom. The molecule has 0 saturated heterocycles. The van der Waals surface area contributed by atoms with E-state index in [2.05, 4.69) is 25.9 Å². The van der Waals surface area contributed by atoms with Gasteiger partial charge in [0.25, 0.3) is 5.95 Å². The molecular formula is C7H10N6. The van der Waals surface area contributed by atoms with Crippen LogP contribution >= 0.6 is 0 Å². The molecule has 0 aliphatic heterocycles. The van der Waals surface area contributed by atoms with E-state index in [9.17, 15) is 0 Å². The predicted molar refractivity (Wildman–Crippen MR) is 46.9 cm³/mol. The maximum absolute atomic E-state index is 3.78. The first-order valence-electron chi connectivity index (χ1n) is 3.94. The fraction of sp³-hybridized carbons (Fsp3) is 0.286. The quantitative estimate of drug-likeness (QED) is 0.701.